The quantitative estimate of drug-likeness (QED) is 0.844. The molecule has 2 heterocycles. The van der Waals surface area contributed by atoms with Gasteiger partial charge in [0.05, 0.1) is 6.04 Å². The van der Waals surface area contributed by atoms with Crippen LogP contribution < -0.4 is 11.2 Å². The molecule has 0 aliphatic rings. The van der Waals surface area contributed by atoms with E-state index in [0.29, 0.717) is 5.01 Å². The molecule has 0 saturated heterocycles. The second-order valence-electron chi connectivity index (χ2n) is 3.77. The number of rotatable bonds is 2. The number of halogens is 1. The molecule has 2 aromatic heterocycles. The standard InChI is InChI=1S/C10H10FN3O3S/c1-4-3-18-8(12-4)5(2)14-9(16)6(11)7(15)13-10(14)17/h3,5,16H,1-2H3,(H,13,15,17). The highest BCUT2D eigenvalue weighted by Crippen LogP contribution is 2.24. The van der Waals surface area contributed by atoms with Crippen LogP contribution in [0.1, 0.15) is 23.7 Å². The summed E-state index contributed by atoms with van der Waals surface area (Å²) < 4.78 is 14.0. The SMILES string of the molecule is Cc1csc(C(C)n2c(O)c(F)c(=O)[nH]c2=O)n1. The Balaban J connectivity index is 2.62. The molecule has 0 aromatic carbocycles. The van der Waals surface area contributed by atoms with Crippen LogP contribution in [-0.4, -0.2) is 19.6 Å². The Bertz CT molecular complexity index is 703. The van der Waals surface area contributed by atoms with Gasteiger partial charge < -0.3 is 5.11 Å². The van der Waals surface area contributed by atoms with Crippen LogP contribution in [0.5, 0.6) is 5.88 Å². The van der Waals surface area contributed by atoms with Gasteiger partial charge in [-0.25, -0.2) is 9.78 Å². The Hall–Kier alpha value is -1.96. The van der Waals surface area contributed by atoms with Gasteiger partial charge in [0, 0.05) is 11.1 Å². The van der Waals surface area contributed by atoms with Gasteiger partial charge in [-0.2, -0.15) is 4.39 Å². The van der Waals surface area contributed by atoms with Gasteiger partial charge in [0.25, 0.3) is 5.56 Å². The van der Waals surface area contributed by atoms with Crippen LogP contribution in [0.15, 0.2) is 15.0 Å². The van der Waals surface area contributed by atoms with Crippen molar-refractivity contribution < 1.29 is 9.50 Å². The fourth-order valence-corrected chi connectivity index (χ4v) is 2.39. The molecule has 0 saturated carbocycles. The first kappa shape index (κ1) is 12.5. The molecule has 1 atom stereocenters. The molecular formula is C10H10FN3O3S. The average Bonchev–Trinajstić information content (AvgIpc) is 2.73. The molecule has 2 aromatic rings. The van der Waals surface area contributed by atoms with Gasteiger partial charge >= 0.3 is 5.69 Å². The highest BCUT2D eigenvalue weighted by Gasteiger charge is 2.21. The molecule has 0 spiro atoms. The maximum atomic E-state index is 13.3. The molecule has 0 aliphatic heterocycles. The Morgan fingerprint density at radius 2 is 2.22 bits per heavy atom. The minimum Gasteiger partial charge on any atom is -0.492 e. The highest BCUT2D eigenvalue weighted by atomic mass is 32.1. The number of hydrogen-bond acceptors (Lipinski definition) is 5. The number of H-pyrrole nitrogens is 1. The Morgan fingerprint density at radius 3 is 2.78 bits per heavy atom. The maximum absolute atomic E-state index is 13.3. The molecule has 0 amide bonds. The van der Waals surface area contributed by atoms with E-state index in [0.717, 1.165) is 10.3 Å². The summed E-state index contributed by atoms with van der Waals surface area (Å²) in [7, 11) is 0. The summed E-state index contributed by atoms with van der Waals surface area (Å²) in [6, 6.07) is -0.664. The van der Waals surface area contributed by atoms with Gasteiger partial charge in [0.2, 0.25) is 11.7 Å². The minimum absolute atomic E-state index is 0.538. The van der Waals surface area contributed by atoms with E-state index in [9.17, 15) is 19.1 Å². The van der Waals surface area contributed by atoms with Crippen molar-refractivity contribution in [2.45, 2.75) is 19.9 Å². The topological polar surface area (TPSA) is 88.0 Å². The summed E-state index contributed by atoms with van der Waals surface area (Å²) >= 11 is 1.28. The van der Waals surface area contributed by atoms with Crippen molar-refractivity contribution in [2.75, 3.05) is 0 Å². The number of hydrogen-bond donors (Lipinski definition) is 2. The van der Waals surface area contributed by atoms with Crippen molar-refractivity contribution in [2.24, 2.45) is 0 Å². The first-order chi connectivity index (χ1) is 8.41. The molecule has 0 fully saturated rings. The summed E-state index contributed by atoms with van der Waals surface area (Å²) in [5.74, 6) is -2.36. The van der Waals surface area contributed by atoms with E-state index in [2.05, 4.69) is 4.98 Å². The van der Waals surface area contributed by atoms with Gasteiger partial charge in [-0.3, -0.25) is 14.3 Å². The predicted molar refractivity (Wildman–Crippen MR) is 63.6 cm³/mol. The number of nitrogens with one attached hydrogen (secondary N) is 1. The third kappa shape index (κ3) is 1.94. The molecule has 0 bridgehead atoms. The number of aromatic amines is 1. The van der Waals surface area contributed by atoms with Crippen LogP contribution >= 0.6 is 11.3 Å². The van der Waals surface area contributed by atoms with E-state index in [4.69, 9.17) is 0 Å². The third-order valence-electron chi connectivity index (χ3n) is 2.44. The van der Waals surface area contributed by atoms with E-state index < -0.39 is 29.0 Å². The average molecular weight is 271 g/mol. The zero-order valence-corrected chi connectivity index (χ0v) is 10.4. The van der Waals surface area contributed by atoms with Crippen molar-refractivity contribution >= 4 is 11.3 Å². The lowest BCUT2D eigenvalue weighted by molar-refractivity contribution is 0.351. The summed E-state index contributed by atoms with van der Waals surface area (Å²) in [6.07, 6.45) is 0. The van der Waals surface area contributed by atoms with E-state index in [1.165, 1.54) is 11.3 Å². The lowest BCUT2D eigenvalue weighted by atomic mass is 10.3. The van der Waals surface area contributed by atoms with Crippen molar-refractivity contribution in [3.63, 3.8) is 0 Å². The van der Waals surface area contributed by atoms with E-state index in [-0.39, 0.29) is 0 Å². The fourth-order valence-electron chi connectivity index (χ4n) is 1.55. The molecule has 0 radical (unpaired) electrons. The van der Waals surface area contributed by atoms with Gasteiger partial charge in [-0.05, 0) is 13.8 Å². The fraction of sp³-hybridized carbons (Fsp3) is 0.300. The summed E-state index contributed by atoms with van der Waals surface area (Å²) in [5.41, 5.74) is -1.35. The third-order valence-corrected chi connectivity index (χ3v) is 3.58. The van der Waals surface area contributed by atoms with Gasteiger partial charge in [0.1, 0.15) is 5.01 Å². The molecule has 2 rings (SSSR count). The number of aryl methyl sites for hydroxylation is 1. The van der Waals surface area contributed by atoms with E-state index >= 15 is 0 Å². The first-order valence-electron chi connectivity index (χ1n) is 5.07. The summed E-state index contributed by atoms with van der Waals surface area (Å²) in [4.78, 5) is 28.5. The van der Waals surface area contributed by atoms with Crippen molar-refractivity contribution in [1.29, 1.82) is 0 Å². The van der Waals surface area contributed by atoms with Crippen LogP contribution in [0.3, 0.4) is 0 Å². The highest BCUT2D eigenvalue weighted by molar-refractivity contribution is 7.09. The predicted octanol–water partition coefficient (Wildman–Crippen LogP) is 0.756. The molecule has 18 heavy (non-hydrogen) atoms. The van der Waals surface area contributed by atoms with Crippen LogP contribution in [0, 0.1) is 12.7 Å². The second-order valence-corrected chi connectivity index (χ2v) is 4.66. The van der Waals surface area contributed by atoms with E-state index in [1.807, 2.05) is 0 Å². The molecule has 1 unspecified atom stereocenters. The van der Waals surface area contributed by atoms with Crippen LogP contribution in [-0.2, 0) is 0 Å². The Morgan fingerprint density at radius 1 is 1.56 bits per heavy atom. The molecule has 2 N–H and O–H groups in total. The number of thiazole rings is 1. The van der Waals surface area contributed by atoms with Gasteiger partial charge in [-0.1, -0.05) is 0 Å². The number of aromatic hydroxyl groups is 1. The molecule has 0 aliphatic carbocycles. The number of nitrogens with zero attached hydrogens (tertiary/aromatic N) is 2. The lowest BCUT2D eigenvalue weighted by Crippen LogP contribution is -2.33. The zero-order chi connectivity index (χ0) is 13.4. The van der Waals surface area contributed by atoms with Crippen LogP contribution in [0.25, 0.3) is 0 Å². The van der Waals surface area contributed by atoms with Crippen molar-refractivity contribution in [3.05, 3.63) is 42.7 Å². The van der Waals surface area contributed by atoms with E-state index in [1.54, 1.807) is 24.2 Å². The van der Waals surface area contributed by atoms with Crippen molar-refractivity contribution in [1.82, 2.24) is 14.5 Å². The molecular weight excluding hydrogens is 261 g/mol. The molecule has 6 nitrogen and oxygen atoms in total. The Kier molecular flexibility index (Phi) is 3.04. The van der Waals surface area contributed by atoms with Gasteiger partial charge in [0.15, 0.2) is 0 Å². The molecule has 96 valence electrons. The lowest BCUT2D eigenvalue weighted by Gasteiger charge is -2.13. The normalized spacial score (nSPS) is 12.6. The summed E-state index contributed by atoms with van der Waals surface area (Å²) in [5, 5.41) is 11.9. The minimum atomic E-state index is -1.38. The largest absolute Gasteiger partial charge is 0.492 e. The van der Waals surface area contributed by atoms with Crippen molar-refractivity contribution in [3.8, 4) is 5.88 Å². The monoisotopic (exact) mass is 271 g/mol. The van der Waals surface area contributed by atoms with Crippen LogP contribution in [0.2, 0.25) is 0 Å². The van der Waals surface area contributed by atoms with Crippen LogP contribution in [0.4, 0.5) is 4.39 Å². The first-order valence-corrected chi connectivity index (χ1v) is 5.95. The zero-order valence-electron chi connectivity index (χ0n) is 9.60. The smallest absolute Gasteiger partial charge is 0.331 e. The second kappa shape index (κ2) is 4.37. The van der Waals surface area contributed by atoms with Gasteiger partial charge in [-0.15, -0.1) is 11.3 Å². The summed E-state index contributed by atoms with van der Waals surface area (Å²) in [6.45, 7) is 3.36. The Labute approximate surface area is 104 Å². The maximum Gasteiger partial charge on any atom is 0.331 e. The molecule has 8 heteroatoms. The number of aromatic nitrogens is 3.